The monoisotopic (exact) mass is 412 g/mol. The van der Waals surface area contributed by atoms with E-state index in [-0.39, 0.29) is 18.0 Å². The Labute approximate surface area is 178 Å². The molecular formula is C24H18N3O4-. The van der Waals surface area contributed by atoms with Gasteiger partial charge in [0.2, 0.25) is 0 Å². The Balaban J connectivity index is 1.34. The summed E-state index contributed by atoms with van der Waals surface area (Å²) in [7, 11) is 0. The Hall–Kier alpha value is -4.39. The summed E-state index contributed by atoms with van der Waals surface area (Å²) in [4.78, 5) is 23.1. The molecule has 7 heteroatoms. The number of hydrazone groups is 1. The Kier molecular flexibility index (Phi) is 5.75. The first-order valence-corrected chi connectivity index (χ1v) is 9.55. The lowest BCUT2D eigenvalue weighted by molar-refractivity contribution is -0.255. The Morgan fingerprint density at radius 1 is 0.968 bits per heavy atom. The number of carboxylic acid groups (broad SMARTS) is 1. The van der Waals surface area contributed by atoms with E-state index in [2.05, 4.69) is 15.8 Å². The van der Waals surface area contributed by atoms with Crippen LogP contribution in [-0.4, -0.2) is 24.6 Å². The van der Waals surface area contributed by atoms with Gasteiger partial charge in [-0.3, -0.25) is 4.79 Å². The third-order valence-electron chi connectivity index (χ3n) is 4.62. The molecule has 0 aliphatic carbocycles. The van der Waals surface area contributed by atoms with Gasteiger partial charge in [0.1, 0.15) is 11.5 Å². The van der Waals surface area contributed by atoms with E-state index < -0.39 is 5.97 Å². The molecule has 4 rings (SSSR count). The average Bonchev–Trinajstić information content (AvgIpc) is 3.27. The zero-order chi connectivity index (χ0) is 21.6. The van der Waals surface area contributed by atoms with Crippen LogP contribution in [0.3, 0.4) is 0 Å². The number of carbonyl (C=O) groups excluding carboxylic acids is 2. The molecule has 0 aliphatic rings. The van der Waals surface area contributed by atoms with E-state index in [4.69, 9.17) is 4.42 Å². The van der Waals surface area contributed by atoms with Crippen molar-refractivity contribution in [1.82, 2.24) is 5.43 Å². The van der Waals surface area contributed by atoms with E-state index in [9.17, 15) is 14.7 Å². The molecule has 2 N–H and O–H groups in total. The molecule has 1 amide bonds. The van der Waals surface area contributed by atoms with Crippen LogP contribution in [0.1, 0.15) is 16.1 Å². The topological polar surface area (TPSA) is 107 Å². The fourth-order valence-corrected chi connectivity index (χ4v) is 3.14. The van der Waals surface area contributed by atoms with Crippen molar-refractivity contribution >= 4 is 34.6 Å². The van der Waals surface area contributed by atoms with Gasteiger partial charge in [-0.15, -0.1) is 0 Å². The standard InChI is InChI=1S/C24H19N3O4/c28-23(15-25-21-10-4-6-16-5-1-2-9-20(16)21)27-26-14-19-11-12-22(31-19)17-7-3-8-18(13-17)24(29)30/h1-14,25H,15H2,(H,27,28)(H,29,30)/p-1/b26-14-. The molecule has 0 saturated heterocycles. The third kappa shape index (κ3) is 4.79. The minimum atomic E-state index is -1.25. The predicted octanol–water partition coefficient (Wildman–Crippen LogP) is 3.03. The molecular weight excluding hydrogens is 394 g/mol. The Morgan fingerprint density at radius 3 is 2.65 bits per heavy atom. The normalized spacial score (nSPS) is 11.0. The van der Waals surface area contributed by atoms with E-state index in [0.29, 0.717) is 17.1 Å². The number of amides is 1. The van der Waals surface area contributed by atoms with Gasteiger partial charge in [0.25, 0.3) is 5.91 Å². The van der Waals surface area contributed by atoms with Crippen LogP contribution < -0.4 is 15.8 Å². The average molecular weight is 412 g/mol. The molecule has 1 heterocycles. The summed E-state index contributed by atoms with van der Waals surface area (Å²) >= 11 is 0. The lowest BCUT2D eigenvalue weighted by atomic mass is 10.1. The highest BCUT2D eigenvalue weighted by Gasteiger charge is 2.06. The molecule has 0 fully saturated rings. The van der Waals surface area contributed by atoms with Crippen LogP contribution in [0.25, 0.3) is 22.1 Å². The molecule has 0 aliphatic heterocycles. The van der Waals surface area contributed by atoms with Crippen molar-refractivity contribution in [3.63, 3.8) is 0 Å². The van der Waals surface area contributed by atoms with Gasteiger partial charge in [-0.05, 0) is 35.2 Å². The maximum atomic E-state index is 12.1. The van der Waals surface area contributed by atoms with Gasteiger partial charge < -0.3 is 19.6 Å². The van der Waals surface area contributed by atoms with Crippen LogP contribution in [0.4, 0.5) is 5.69 Å². The molecule has 0 unspecified atom stereocenters. The molecule has 4 aromatic rings. The lowest BCUT2D eigenvalue weighted by Gasteiger charge is -2.08. The maximum Gasteiger partial charge on any atom is 0.259 e. The first kappa shape index (κ1) is 19.9. The second-order valence-electron chi connectivity index (χ2n) is 6.74. The predicted molar refractivity (Wildman–Crippen MR) is 117 cm³/mol. The van der Waals surface area contributed by atoms with E-state index in [1.807, 2.05) is 42.5 Å². The van der Waals surface area contributed by atoms with Gasteiger partial charge >= 0.3 is 0 Å². The van der Waals surface area contributed by atoms with Gasteiger partial charge in [-0.1, -0.05) is 54.6 Å². The number of carboxylic acids is 1. The number of hydrogen-bond donors (Lipinski definition) is 2. The largest absolute Gasteiger partial charge is 0.545 e. The minimum Gasteiger partial charge on any atom is -0.545 e. The minimum absolute atomic E-state index is 0.0603. The highest BCUT2D eigenvalue weighted by atomic mass is 16.4. The molecule has 7 nitrogen and oxygen atoms in total. The van der Waals surface area contributed by atoms with Crippen LogP contribution in [0.5, 0.6) is 0 Å². The molecule has 0 atom stereocenters. The van der Waals surface area contributed by atoms with Crippen LogP contribution in [-0.2, 0) is 4.79 Å². The number of benzene rings is 3. The molecule has 1 aromatic heterocycles. The molecule has 3 aromatic carbocycles. The fourth-order valence-electron chi connectivity index (χ4n) is 3.14. The molecule has 0 spiro atoms. The number of furan rings is 1. The van der Waals surface area contributed by atoms with E-state index >= 15 is 0 Å². The van der Waals surface area contributed by atoms with Crippen molar-refractivity contribution in [3.05, 3.63) is 90.2 Å². The summed E-state index contributed by atoms with van der Waals surface area (Å²) in [5.74, 6) is -0.669. The van der Waals surface area contributed by atoms with Gasteiger partial charge in [0, 0.05) is 16.6 Å². The molecule has 0 bridgehead atoms. The second-order valence-corrected chi connectivity index (χ2v) is 6.74. The highest BCUT2D eigenvalue weighted by molar-refractivity contribution is 5.95. The summed E-state index contributed by atoms with van der Waals surface area (Å²) in [5.41, 5.74) is 3.98. The van der Waals surface area contributed by atoms with Crippen molar-refractivity contribution in [2.75, 3.05) is 11.9 Å². The first-order chi connectivity index (χ1) is 15.1. The van der Waals surface area contributed by atoms with Crippen molar-refractivity contribution in [1.29, 1.82) is 0 Å². The van der Waals surface area contributed by atoms with Gasteiger partial charge in [0.15, 0.2) is 0 Å². The maximum absolute atomic E-state index is 12.1. The number of aromatic carboxylic acids is 1. The first-order valence-electron chi connectivity index (χ1n) is 9.55. The van der Waals surface area contributed by atoms with Crippen molar-refractivity contribution in [3.8, 4) is 11.3 Å². The quantitative estimate of drug-likeness (QED) is 0.358. The van der Waals surface area contributed by atoms with E-state index in [1.165, 1.54) is 18.3 Å². The molecule has 154 valence electrons. The smallest absolute Gasteiger partial charge is 0.259 e. The summed E-state index contributed by atoms with van der Waals surface area (Å²) in [6.45, 7) is 0.0603. The second kappa shape index (κ2) is 8.96. The summed E-state index contributed by atoms with van der Waals surface area (Å²) in [5, 5.41) is 20.1. The number of fused-ring (bicyclic) bond motifs is 1. The lowest BCUT2D eigenvalue weighted by Crippen LogP contribution is -2.25. The number of nitrogens with one attached hydrogen (secondary N) is 2. The number of hydrogen-bond acceptors (Lipinski definition) is 6. The zero-order valence-electron chi connectivity index (χ0n) is 16.4. The SMILES string of the molecule is O=C(CNc1cccc2ccccc12)N/N=C\c1ccc(-c2cccc(C(=O)[O-])c2)o1. The number of anilines is 1. The van der Waals surface area contributed by atoms with Gasteiger partial charge in [0.05, 0.1) is 18.7 Å². The van der Waals surface area contributed by atoms with Crippen LogP contribution in [0, 0.1) is 0 Å². The zero-order valence-corrected chi connectivity index (χ0v) is 16.4. The Morgan fingerprint density at radius 2 is 1.77 bits per heavy atom. The van der Waals surface area contributed by atoms with Gasteiger partial charge in [-0.25, -0.2) is 5.43 Å². The van der Waals surface area contributed by atoms with Gasteiger partial charge in [-0.2, -0.15) is 5.10 Å². The van der Waals surface area contributed by atoms with Crippen molar-refractivity contribution in [2.45, 2.75) is 0 Å². The number of carbonyl (C=O) groups is 2. The van der Waals surface area contributed by atoms with Crippen LogP contribution in [0.2, 0.25) is 0 Å². The molecule has 31 heavy (non-hydrogen) atoms. The van der Waals surface area contributed by atoms with E-state index in [1.54, 1.807) is 24.3 Å². The number of nitrogens with zero attached hydrogens (tertiary/aromatic N) is 1. The van der Waals surface area contributed by atoms with Crippen LogP contribution in [0.15, 0.2) is 88.4 Å². The van der Waals surface area contributed by atoms with Crippen molar-refractivity contribution < 1.29 is 19.1 Å². The number of rotatable bonds is 7. The summed E-state index contributed by atoms with van der Waals surface area (Å²) in [6.07, 6.45) is 1.38. The highest BCUT2D eigenvalue weighted by Crippen LogP contribution is 2.23. The molecule has 0 saturated carbocycles. The summed E-state index contributed by atoms with van der Waals surface area (Å²) < 4.78 is 5.63. The Bertz CT molecular complexity index is 1270. The van der Waals surface area contributed by atoms with E-state index in [0.717, 1.165) is 16.5 Å². The third-order valence-corrected chi connectivity index (χ3v) is 4.62. The van der Waals surface area contributed by atoms with Crippen LogP contribution >= 0.6 is 0 Å². The summed E-state index contributed by atoms with van der Waals surface area (Å²) in [6, 6.07) is 23.4. The van der Waals surface area contributed by atoms with Crippen molar-refractivity contribution in [2.24, 2.45) is 5.10 Å². The fraction of sp³-hybridized carbons (Fsp3) is 0.0417. The molecule has 0 radical (unpaired) electrons.